The van der Waals surface area contributed by atoms with E-state index in [1.165, 1.54) is 0 Å². The minimum absolute atomic E-state index is 0.330. The first-order valence-corrected chi connectivity index (χ1v) is 8.44. The molecule has 0 spiro atoms. The van der Waals surface area contributed by atoms with Crippen LogP contribution in [0.25, 0.3) is 0 Å². The number of hydrogen-bond donors (Lipinski definition) is 0. The summed E-state index contributed by atoms with van der Waals surface area (Å²) in [5, 5.41) is 0. The van der Waals surface area contributed by atoms with Gasteiger partial charge < -0.3 is 18.9 Å². The maximum atomic E-state index is 12.0. The van der Waals surface area contributed by atoms with E-state index in [0.29, 0.717) is 19.8 Å². The molecule has 4 atom stereocenters. The molecular formula is C20H20O5. The van der Waals surface area contributed by atoms with Gasteiger partial charge in [-0.25, -0.2) is 4.79 Å². The highest BCUT2D eigenvalue weighted by atomic mass is 16.7. The molecule has 5 nitrogen and oxygen atoms in total. The first-order valence-electron chi connectivity index (χ1n) is 8.44. The van der Waals surface area contributed by atoms with Gasteiger partial charge in [0, 0.05) is 0 Å². The third-order valence-electron chi connectivity index (χ3n) is 4.51. The lowest BCUT2D eigenvalue weighted by Gasteiger charge is -2.32. The Labute approximate surface area is 146 Å². The molecule has 0 saturated carbocycles. The second-order valence-corrected chi connectivity index (χ2v) is 6.25. The average Bonchev–Trinajstić information content (AvgIpc) is 2.88. The van der Waals surface area contributed by atoms with Crippen LogP contribution in [0.2, 0.25) is 0 Å². The quantitative estimate of drug-likeness (QED) is 0.756. The van der Waals surface area contributed by atoms with Crippen molar-refractivity contribution in [2.45, 2.75) is 37.6 Å². The van der Waals surface area contributed by atoms with Crippen LogP contribution in [-0.2, 0) is 37.0 Å². The van der Waals surface area contributed by atoms with E-state index in [0.717, 1.165) is 11.1 Å². The molecule has 0 unspecified atom stereocenters. The molecule has 2 aromatic carbocycles. The highest BCUT2D eigenvalue weighted by Gasteiger charge is 2.54. The molecular weight excluding hydrogens is 320 g/mol. The van der Waals surface area contributed by atoms with E-state index in [2.05, 4.69) is 0 Å². The SMILES string of the molecule is O=C1O[C@H]2[C@H](OCc3ccccc3)[C@@H]1OC[C@H]2OCc1ccccc1. The summed E-state index contributed by atoms with van der Waals surface area (Å²) in [4.78, 5) is 12.0. The minimum atomic E-state index is -0.662. The summed E-state index contributed by atoms with van der Waals surface area (Å²) in [5.41, 5.74) is 2.11. The first-order chi connectivity index (χ1) is 12.3. The van der Waals surface area contributed by atoms with Crippen molar-refractivity contribution in [3.8, 4) is 0 Å². The Bertz CT molecular complexity index is 703. The Morgan fingerprint density at radius 2 is 1.48 bits per heavy atom. The fourth-order valence-corrected chi connectivity index (χ4v) is 3.19. The van der Waals surface area contributed by atoms with Crippen molar-refractivity contribution in [2.24, 2.45) is 0 Å². The number of benzene rings is 2. The predicted octanol–water partition coefficient (Wildman–Crippen LogP) is 2.48. The van der Waals surface area contributed by atoms with Crippen LogP contribution < -0.4 is 0 Å². The first kappa shape index (κ1) is 16.3. The molecule has 2 fully saturated rings. The largest absolute Gasteiger partial charge is 0.455 e. The maximum Gasteiger partial charge on any atom is 0.338 e. The molecule has 0 N–H and O–H groups in total. The molecule has 4 rings (SSSR count). The van der Waals surface area contributed by atoms with Crippen molar-refractivity contribution in [3.05, 3.63) is 71.8 Å². The van der Waals surface area contributed by atoms with Gasteiger partial charge in [-0.15, -0.1) is 0 Å². The summed E-state index contributed by atoms with van der Waals surface area (Å²) in [6.45, 7) is 1.18. The van der Waals surface area contributed by atoms with Gasteiger partial charge in [-0.05, 0) is 11.1 Å². The van der Waals surface area contributed by atoms with E-state index in [1.807, 2.05) is 60.7 Å². The molecule has 5 heteroatoms. The number of rotatable bonds is 6. The topological polar surface area (TPSA) is 54.0 Å². The number of fused-ring (bicyclic) bond motifs is 2. The second kappa shape index (κ2) is 7.35. The predicted molar refractivity (Wildman–Crippen MR) is 89.7 cm³/mol. The van der Waals surface area contributed by atoms with Crippen molar-refractivity contribution >= 4 is 5.97 Å². The van der Waals surface area contributed by atoms with Gasteiger partial charge in [0.15, 0.2) is 12.2 Å². The smallest absolute Gasteiger partial charge is 0.338 e. The van der Waals surface area contributed by atoms with Gasteiger partial charge >= 0.3 is 5.97 Å². The Kier molecular flexibility index (Phi) is 4.78. The molecule has 0 amide bonds. The van der Waals surface area contributed by atoms with E-state index < -0.39 is 18.3 Å². The second-order valence-electron chi connectivity index (χ2n) is 6.25. The normalized spacial score (nSPS) is 27.9. The van der Waals surface area contributed by atoms with Crippen molar-refractivity contribution in [1.82, 2.24) is 0 Å². The summed E-state index contributed by atoms with van der Waals surface area (Å²) in [6.07, 6.45) is -1.87. The van der Waals surface area contributed by atoms with Crippen LogP contribution in [0.5, 0.6) is 0 Å². The molecule has 2 aliphatic heterocycles. The summed E-state index contributed by atoms with van der Waals surface area (Å²) in [6, 6.07) is 19.7. The number of ether oxygens (including phenoxy) is 4. The molecule has 2 aromatic rings. The Balaban J connectivity index is 1.40. The lowest BCUT2D eigenvalue weighted by atomic mass is 10.0. The zero-order valence-corrected chi connectivity index (χ0v) is 13.7. The molecule has 2 aliphatic rings. The molecule has 0 radical (unpaired) electrons. The zero-order valence-electron chi connectivity index (χ0n) is 13.7. The van der Waals surface area contributed by atoms with Gasteiger partial charge in [0.25, 0.3) is 0 Å². The summed E-state index contributed by atoms with van der Waals surface area (Å²) >= 11 is 0. The van der Waals surface area contributed by atoms with E-state index in [-0.39, 0.29) is 12.1 Å². The van der Waals surface area contributed by atoms with E-state index >= 15 is 0 Å². The van der Waals surface area contributed by atoms with Crippen LogP contribution in [-0.4, -0.2) is 37.0 Å². The molecule has 2 saturated heterocycles. The monoisotopic (exact) mass is 340 g/mol. The highest BCUT2D eigenvalue weighted by molar-refractivity contribution is 5.78. The van der Waals surface area contributed by atoms with Crippen molar-refractivity contribution < 1.29 is 23.7 Å². The number of hydrogen-bond acceptors (Lipinski definition) is 5. The van der Waals surface area contributed by atoms with Crippen LogP contribution in [0.15, 0.2) is 60.7 Å². The summed E-state index contributed by atoms with van der Waals surface area (Å²) in [5.74, 6) is -0.367. The molecule has 130 valence electrons. The van der Waals surface area contributed by atoms with Crippen LogP contribution in [0.3, 0.4) is 0 Å². The molecule has 0 aliphatic carbocycles. The van der Waals surface area contributed by atoms with Crippen LogP contribution in [0, 0.1) is 0 Å². The Morgan fingerprint density at radius 3 is 2.12 bits per heavy atom. The van der Waals surface area contributed by atoms with Gasteiger partial charge in [0.1, 0.15) is 12.2 Å². The summed E-state index contributed by atoms with van der Waals surface area (Å²) < 4.78 is 23.0. The number of esters is 1. The average molecular weight is 340 g/mol. The van der Waals surface area contributed by atoms with E-state index in [1.54, 1.807) is 0 Å². The van der Waals surface area contributed by atoms with Gasteiger partial charge in [-0.3, -0.25) is 0 Å². The zero-order chi connectivity index (χ0) is 17.1. The van der Waals surface area contributed by atoms with Gasteiger partial charge in [0.2, 0.25) is 0 Å². The Hall–Kier alpha value is -2.21. The van der Waals surface area contributed by atoms with Crippen LogP contribution in [0.4, 0.5) is 0 Å². The molecule has 25 heavy (non-hydrogen) atoms. The van der Waals surface area contributed by atoms with E-state index in [4.69, 9.17) is 18.9 Å². The molecule has 0 aromatic heterocycles. The maximum absolute atomic E-state index is 12.0. The summed E-state index contributed by atoms with van der Waals surface area (Å²) in [7, 11) is 0. The van der Waals surface area contributed by atoms with E-state index in [9.17, 15) is 4.79 Å². The van der Waals surface area contributed by atoms with Crippen LogP contribution >= 0.6 is 0 Å². The van der Waals surface area contributed by atoms with Crippen molar-refractivity contribution in [3.63, 3.8) is 0 Å². The van der Waals surface area contributed by atoms with Crippen LogP contribution in [0.1, 0.15) is 11.1 Å². The van der Waals surface area contributed by atoms with Crippen molar-refractivity contribution in [1.29, 1.82) is 0 Å². The van der Waals surface area contributed by atoms with Gasteiger partial charge in [0.05, 0.1) is 19.8 Å². The van der Waals surface area contributed by atoms with Gasteiger partial charge in [-0.1, -0.05) is 60.7 Å². The van der Waals surface area contributed by atoms with Crippen molar-refractivity contribution in [2.75, 3.05) is 6.61 Å². The standard InChI is InChI=1S/C20H20O5/c21-20-19-18(23-12-15-9-5-2-6-10-15)17(25-20)16(13-24-19)22-11-14-7-3-1-4-8-14/h1-10,16-19H,11-13H2/t16-,17-,18+,19+/m1/s1. The fourth-order valence-electron chi connectivity index (χ4n) is 3.19. The molecule has 2 bridgehead atoms. The van der Waals surface area contributed by atoms with Gasteiger partial charge in [-0.2, -0.15) is 0 Å². The lowest BCUT2D eigenvalue weighted by molar-refractivity contribution is -0.172. The fraction of sp³-hybridized carbons (Fsp3) is 0.350. The molecule has 2 heterocycles. The lowest BCUT2D eigenvalue weighted by Crippen LogP contribution is -2.50. The third-order valence-corrected chi connectivity index (χ3v) is 4.51. The number of carbonyl (C=O) groups is 1. The number of carbonyl (C=O) groups excluding carboxylic acids is 1. The Morgan fingerprint density at radius 1 is 0.880 bits per heavy atom. The minimum Gasteiger partial charge on any atom is -0.455 e. The highest BCUT2D eigenvalue weighted by Crippen LogP contribution is 2.31. The third kappa shape index (κ3) is 3.58.